The molecule has 0 unspecified atom stereocenters. The molecule has 2 N–H and O–H groups in total. The van der Waals surface area contributed by atoms with Crippen molar-refractivity contribution in [1.29, 1.82) is 0 Å². The average molecular weight is 680 g/mol. The molecular weight excluding hydrogens is 658 g/mol. The van der Waals surface area contributed by atoms with E-state index in [4.69, 9.17) is 16.3 Å². The second-order valence-corrected chi connectivity index (χ2v) is 11.4. The van der Waals surface area contributed by atoms with E-state index in [-0.39, 0.29) is 5.75 Å². The van der Waals surface area contributed by atoms with Crippen LogP contribution in [0.25, 0.3) is 22.0 Å². The van der Waals surface area contributed by atoms with Crippen molar-refractivity contribution in [1.82, 2.24) is 10.4 Å². The Morgan fingerprint density at radius 1 is 0.975 bits per heavy atom. The van der Waals surface area contributed by atoms with Gasteiger partial charge in [-0.3, -0.25) is 4.79 Å². The Labute approximate surface area is 252 Å². The molecule has 0 bridgehead atoms. The molecule has 0 spiro atoms. The third-order valence-corrected chi connectivity index (χ3v) is 7.52. The van der Waals surface area contributed by atoms with Crippen LogP contribution in [-0.2, 0) is 0 Å². The molecule has 0 atom stereocenters. The lowest BCUT2D eigenvalue weighted by Gasteiger charge is -2.11. The van der Waals surface area contributed by atoms with Crippen LogP contribution in [0.1, 0.15) is 37.5 Å². The fraction of sp³-hybridized carbons (Fsp3) is 0.0645. The second-order valence-electron chi connectivity index (χ2n) is 9.15. The number of fused-ring (bicyclic) bond motifs is 1. The fourth-order valence-electron chi connectivity index (χ4n) is 4.47. The van der Waals surface area contributed by atoms with E-state index in [1.807, 2.05) is 44.2 Å². The lowest BCUT2D eigenvalue weighted by Crippen LogP contribution is -2.19. The number of nitrogens with one attached hydrogen (secondary N) is 2. The molecule has 0 fully saturated rings. The van der Waals surface area contributed by atoms with Crippen LogP contribution in [0.2, 0.25) is 5.02 Å². The Kier molecular flexibility index (Phi) is 8.21. The number of aryl methyl sites for hydroxylation is 2. The molecule has 5 aromatic rings. The summed E-state index contributed by atoms with van der Waals surface area (Å²) in [6.45, 7) is 4.05. The number of nitrogens with zero attached hydrogens (tertiary/aromatic N) is 1. The summed E-state index contributed by atoms with van der Waals surface area (Å²) in [6, 6.07) is 23.8. The number of halogens is 3. The first-order valence-electron chi connectivity index (χ1n) is 12.2. The van der Waals surface area contributed by atoms with Gasteiger partial charge in [0.25, 0.3) is 5.91 Å². The quantitative estimate of drug-likeness (QED) is 0.0816. The summed E-state index contributed by atoms with van der Waals surface area (Å²) in [6.07, 6.45) is 1.43. The summed E-state index contributed by atoms with van der Waals surface area (Å²) < 4.78 is 6.94. The number of aromatic amines is 1. The zero-order valence-electron chi connectivity index (χ0n) is 21.4. The summed E-state index contributed by atoms with van der Waals surface area (Å²) in [5.41, 5.74) is 8.59. The van der Waals surface area contributed by atoms with Gasteiger partial charge in [0.15, 0.2) is 5.75 Å². The summed E-state index contributed by atoms with van der Waals surface area (Å²) >= 11 is 12.8. The SMILES string of the molecule is Cc1cc(C)c2[nH]c(C(=O)NN=Cc3cc(Br)cc(Br)c3OC(=O)c3ccc(Cl)cc3)c(-c3ccccc3)c2c1. The highest BCUT2D eigenvalue weighted by Crippen LogP contribution is 2.35. The van der Waals surface area contributed by atoms with Crippen LogP contribution in [0, 0.1) is 13.8 Å². The van der Waals surface area contributed by atoms with Crippen molar-refractivity contribution in [3.8, 4) is 16.9 Å². The zero-order chi connectivity index (χ0) is 28.4. The van der Waals surface area contributed by atoms with Gasteiger partial charge in [0.2, 0.25) is 0 Å². The molecule has 40 heavy (non-hydrogen) atoms. The van der Waals surface area contributed by atoms with E-state index < -0.39 is 11.9 Å². The third-order valence-electron chi connectivity index (χ3n) is 6.22. The van der Waals surface area contributed by atoms with E-state index in [1.54, 1.807) is 36.4 Å². The molecule has 1 amide bonds. The van der Waals surface area contributed by atoms with E-state index in [9.17, 15) is 9.59 Å². The molecule has 0 aliphatic carbocycles. The van der Waals surface area contributed by atoms with Gasteiger partial charge in [-0.1, -0.05) is 69.5 Å². The third kappa shape index (κ3) is 5.89. The molecule has 200 valence electrons. The lowest BCUT2D eigenvalue weighted by molar-refractivity contribution is 0.0733. The van der Waals surface area contributed by atoms with E-state index in [1.165, 1.54) is 6.21 Å². The Morgan fingerprint density at radius 2 is 1.70 bits per heavy atom. The number of ether oxygens (including phenoxy) is 1. The van der Waals surface area contributed by atoms with Crippen molar-refractivity contribution in [3.63, 3.8) is 0 Å². The van der Waals surface area contributed by atoms with Gasteiger partial charge in [0.05, 0.1) is 16.3 Å². The van der Waals surface area contributed by atoms with Gasteiger partial charge in [-0.05, 0) is 83.4 Å². The summed E-state index contributed by atoms with van der Waals surface area (Å²) in [5, 5.41) is 5.68. The Bertz CT molecular complexity index is 1780. The minimum Gasteiger partial charge on any atom is -0.421 e. The molecule has 0 saturated heterocycles. The van der Waals surface area contributed by atoms with Crippen molar-refractivity contribution >= 4 is 72.5 Å². The molecule has 0 radical (unpaired) electrons. The molecule has 0 aliphatic rings. The zero-order valence-corrected chi connectivity index (χ0v) is 25.3. The maximum atomic E-state index is 13.4. The summed E-state index contributed by atoms with van der Waals surface area (Å²) in [7, 11) is 0. The highest BCUT2D eigenvalue weighted by Gasteiger charge is 2.21. The maximum absolute atomic E-state index is 13.4. The van der Waals surface area contributed by atoms with Crippen molar-refractivity contribution < 1.29 is 14.3 Å². The number of rotatable bonds is 6. The summed E-state index contributed by atoms with van der Waals surface area (Å²) in [4.78, 5) is 29.5. The van der Waals surface area contributed by atoms with Crippen molar-refractivity contribution in [2.24, 2.45) is 5.10 Å². The molecule has 1 aromatic heterocycles. The number of aromatic nitrogens is 1. The van der Waals surface area contributed by atoms with Gasteiger partial charge in [0.1, 0.15) is 5.69 Å². The molecule has 0 saturated carbocycles. The number of H-pyrrole nitrogens is 1. The van der Waals surface area contributed by atoms with Crippen LogP contribution in [0.4, 0.5) is 0 Å². The normalized spacial score (nSPS) is 11.2. The molecule has 1 heterocycles. The van der Waals surface area contributed by atoms with Gasteiger partial charge >= 0.3 is 5.97 Å². The first-order chi connectivity index (χ1) is 19.2. The minimum absolute atomic E-state index is 0.253. The molecule has 4 aromatic carbocycles. The maximum Gasteiger partial charge on any atom is 0.343 e. The van der Waals surface area contributed by atoms with Crippen LogP contribution in [0.15, 0.2) is 92.9 Å². The molecule has 0 aliphatic heterocycles. The number of carbonyl (C=O) groups is 2. The van der Waals surface area contributed by atoms with Crippen LogP contribution in [0.5, 0.6) is 5.75 Å². The first-order valence-corrected chi connectivity index (χ1v) is 14.2. The minimum atomic E-state index is -0.561. The Morgan fingerprint density at radius 3 is 2.42 bits per heavy atom. The lowest BCUT2D eigenvalue weighted by atomic mass is 9.99. The van der Waals surface area contributed by atoms with Crippen LogP contribution in [0.3, 0.4) is 0 Å². The topological polar surface area (TPSA) is 83.6 Å². The molecule has 9 heteroatoms. The smallest absolute Gasteiger partial charge is 0.343 e. The number of hydrogen-bond donors (Lipinski definition) is 2. The first kappa shape index (κ1) is 27.8. The highest BCUT2D eigenvalue weighted by molar-refractivity contribution is 9.11. The Balaban J connectivity index is 1.46. The highest BCUT2D eigenvalue weighted by atomic mass is 79.9. The number of esters is 1. The largest absolute Gasteiger partial charge is 0.421 e. The molecular formula is C31H22Br2ClN3O3. The standard InChI is InChI=1S/C31H22Br2ClN3O3/c1-17-12-18(2)27-24(13-17)26(19-6-4-3-5-7-19)28(36-27)30(38)37-35-16-21-14-22(32)15-25(33)29(21)40-31(39)20-8-10-23(34)11-9-20/h3-16,36H,1-2H3,(H,37,38). The van der Waals surface area contributed by atoms with Gasteiger partial charge in [0, 0.05) is 31.5 Å². The fourth-order valence-corrected chi connectivity index (χ4v) is 5.93. The Hall–Kier alpha value is -3.72. The van der Waals surface area contributed by atoms with Gasteiger partial charge in [-0.15, -0.1) is 0 Å². The molecule has 5 rings (SSSR count). The number of amides is 1. The van der Waals surface area contributed by atoms with Crippen LogP contribution >= 0.6 is 43.5 Å². The van der Waals surface area contributed by atoms with Gasteiger partial charge in [-0.2, -0.15) is 5.10 Å². The number of hydrazone groups is 1. The predicted octanol–water partition coefficient (Wildman–Crippen LogP) is 8.61. The average Bonchev–Trinajstić information content (AvgIpc) is 3.31. The monoisotopic (exact) mass is 677 g/mol. The van der Waals surface area contributed by atoms with Crippen LogP contribution in [-0.4, -0.2) is 23.1 Å². The number of carbonyl (C=O) groups excluding carboxylic acids is 2. The van der Waals surface area contributed by atoms with E-state index in [0.717, 1.165) is 37.6 Å². The van der Waals surface area contributed by atoms with Gasteiger partial charge in [-0.25, -0.2) is 10.2 Å². The number of benzene rings is 4. The predicted molar refractivity (Wildman–Crippen MR) is 167 cm³/mol. The summed E-state index contributed by atoms with van der Waals surface area (Å²) in [5.74, 6) is -0.713. The van der Waals surface area contributed by atoms with E-state index >= 15 is 0 Å². The van der Waals surface area contributed by atoms with Crippen molar-refractivity contribution in [2.45, 2.75) is 13.8 Å². The van der Waals surface area contributed by atoms with Crippen molar-refractivity contribution in [3.05, 3.63) is 121 Å². The van der Waals surface area contributed by atoms with E-state index in [2.05, 4.69) is 59.5 Å². The van der Waals surface area contributed by atoms with E-state index in [0.29, 0.717) is 26.3 Å². The van der Waals surface area contributed by atoms with Crippen LogP contribution < -0.4 is 10.2 Å². The van der Waals surface area contributed by atoms with Gasteiger partial charge < -0.3 is 9.72 Å². The second kappa shape index (κ2) is 11.8. The molecule has 6 nitrogen and oxygen atoms in total. The number of hydrogen-bond acceptors (Lipinski definition) is 4. The van der Waals surface area contributed by atoms with Crippen molar-refractivity contribution in [2.75, 3.05) is 0 Å².